The van der Waals surface area contributed by atoms with Crippen LogP contribution in [-0.2, 0) is 4.79 Å². The molecule has 5 nitrogen and oxygen atoms in total. The first-order valence-electron chi connectivity index (χ1n) is 7.34. The van der Waals surface area contributed by atoms with E-state index < -0.39 is 17.8 Å². The van der Waals surface area contributed by atoms with Crippen molar-refractivity contribution in [2.45, 2.75) is 12.8 Å². The number of nitrogens with zero attached hydrogens (tertiary/aromatic N) is 1. The van der Waals surface area contributed by atoms with Crippen LogP contribution in [0.2, 0.25) is 0 Å². The van der Waals surface area contributed by atoms with Crippen LogP contribution in [0.3, 0.4) is 0 Å². The molecule has 1 heterocycles. The highest BCUT2D eigenvalue weighted by atomic mass is 16.4. The Morgan fingerprint density at radius 1 is 1.17 bits per heavy atom. The molecule has 0 fully saturated rings. The van der Waals surface area contributed by atoms with Crippen molar-refractivity contribution in [3.63, 3.8) is 0 Å². The zero-order chi connectivity index (χ0) is 16.7. The molecule has 1 aliphatic rings. The Morgan fingerprint density at radius 3 is 2.57 bits per heavy atom. The Kier molecular flexibility index (Phi) is 3.56. The molecule has 3 rings (SSSR count). The summed E-state index contributed by atoms with van der Waals surface area (Å²) in [4.78, 5) is 25.8. The summed E-state index contributed by atoms with van der Waals surface area (Å²) in [5.41, 5.74) is 2.44. The van der Waals surface area contributed by atoms with Crippen molar-refractivity contribution in [3.8, 4) is 5.75 Å². The van der Waals surface area contributed by atoms with Crippen LogP contribution in [0.15, 0.2) is 42.5 Å². The van der Waals surface area contributed by atoms with E-state index in [1.54, 1.807) is 44.3 Å². The molecule has 1 aliphatic heterocycles. The van der Waals surface area contributed by atoms with Gasteiger partial charge in [0, 0.05) is 24.6 Å². The highest BCUT2D eigenvalue weighted by Crippen LogP contribution is 2.43. The number of carbonyl (C=O) groups is 2. The van der Waals surface area contributed by atoms with Crippen LogP contribution in [0.1, 0.15) is 34.3 Å². The minimum Gasteiger partial charge on any atom is -0.508 e. The van der Waals surface area contributed by atoms with E-state index in [2.05, 4.69) is 0 Å². The van der Waals surface area contributed by atoms with Crippen molar-refractivity contribution in [2.24, 2.45) is 5.92 Å². The van der Waals surface area contributed by atoms with Crippen LogP contribution in [0.5, 0.6) is 5.75 Å². The van der Waals surface area contributed by atoms with E-state index in [0.29, 0.717) is 16.8 Å². The van der Waals surface area contributed by atoms with Gasteiger partial charge in [0.15, 0.2) is 0 Å². The van der Waals surface area contributed by atoms with Gasteiger partial charge in [0.05, 0.1) is 11.6 Å². The second-order valence-electron chi connectivity index (χ2n) is 5.80. The molecule has 2 aromatic carbocycles. The number of phenols is 1. The average molecular weight is 311 g/mol. The van der Waals surface area contributed by atoms with Crippen molar-refractivity contribution >= 4 is 17.6 Å². The molecule has 2 N–H and O–H groups in total. The Bertz CT molecular complexity index is 799. The normalized spacial score (nSPS) is 17.9. The van der Waals surface area contributed by atoms with E-state index >= 15 is 0 Å². The molecule has 0 spiro atoms. The van der Waals surface area contributed by atoms with Gasteiger partial charge in [-0.3, -0.25) is 9.59 Å². The SMILES string of the molecule is CC(C(=O)O)C1c2ccccc2C(=O)N(C)c2cc(O)ccc21. The fraction of sp³-hybridized carbons (Fsp3) is 0.222. The summed E-state index contributed by atoms with van der Waals surface area (Å²) < 4.78 is 0. The van der Waals surface area contributed by atoms with Crippen molar-refractivity contribution in [3.05, 3.63) is 59.2 Å². The fourth-order valence-corrected chi connectivity index (χ4v) is 3.19. The fourth-order valence-electron chi connectivity index (χ4n) is 3.19. The summed E-state index contributed by atoms with van der Waals surface area (Å²) in [5.74, 6) is -2.28. The van der Waals surface area contributed by atoms with Crippen LogP contribution in [0.25, 0.3) is 0 Å². The monoisotopic (exact) mass is 311 g/mol. The van der Waals surface area contributed by atoms with Gasteiger partial charge in [-0.1, -0.05) is 31.2 Å². The number of amides is 1. The van der Waals surface area contributed by atoms with E-state index in [1.165, 1.54) is 17.0 Å². The van der Waals surface area contributed by atoms with Gasteiger partial charge >= 0.3 is 5.97 Å². The number of aromatic hydroxyl groups is 1. The zero-order valence-electron chi connectivity index (χ0n) is 12.9. The number of carboxylic acid groups (broad SMARTS) is 1. The number of phenolic OH excluding ortho intramolecular Hbond substituents is 1. The minimum absolute atomic E-state index is 0.0380. The van der Waals surface area contributed by atoms with Crippen molar-refractivity contribution in [1.29, 1.82) is 0 Å². The molecule has 23 heavy (non-hydrogen) atoms. The molecule has 2 unspecified atom stereocenters. The first-order valence-corrected chi connectivity index (χ1v) is 7.34. The lowest BCUT2D eigenvalue weighted by molar-refractivity contribution is -0.141. The number of rotatable bonds is 2. The lowest BCUT2D eigenvalue weighted by atomic mass is 9.80. The molecule has 0 bridgehead atoms. The van der Waals surface area contributed by atoms with E-state index in [0.717, 1.165) is 5.56 Å². The van der Waals surface area contributed by atoms with Gasteiger partial charge in [0.2, 0.25) is 0 Å². The molecule has 5 heteroatoms. The van der Waals surface area contributed by atoms with Gasteiger partial charge in [-0.15, -0.1) is 0 Å². The Hall–Kier alpha value is -2.82. The summed E-state index contributed by atoms with van der Waals surface area (Å²) in [6, 6.07) is 11.8. The Labute approximate surface area is 133 Å². The van der Waals surface area contributed by atoms with Crippen LogP contribution >= 0.6 is 0 Å². The van der Waals surface area contributed by atoms with E-state index in [1.807, 2.05) is 0 Å². The maximum atomic E-state index is 12.7. The molecule has 0 aromatic heterocycles. The van der Waals surface area contributed by atoms with Crippen molar-refractivity contribution in [2.75, 3.05) is 11.9 Å². The highest BCUT2D eigenvalue weighted by molar-refractivity contribution is 6.08. The molecule has 0 saturated heterocycles. The molecule has 1 amide bonds. The quantitative estimate of drug-likeness (QED) is 0.894. The maximum Gasteiger partial charge on any atom is 0.307 e. The largest absolute Gasteiger partial charge is 0.508 e. The molecular formula is C18H17NO4. The van der Waals surface area contributed by atoms with E-state index in [-0.39, 0.29) is 11.7 Å². The number of fused-ring (bicyclic) bond motifs is 2. The molecule has 0 aliphatic carbocycles. The summed E-state index contributed by atoms with van der Waals surface area (Å²) in [5, 5.41) is 19.3. The third-order valence-corrected chi connectivity index (χ3v) is 4.43. The second kappa shape index (κ2) is 5.43. The molecular weight excluding hydrogens is 294 g/mol. The highest BCUT2D eigenvalue weighted by Gasteiger charge is 2.36. The van der Waals surface area contributed by atoms with Crippen LogP contribution in [0.4, 0.5) is 5.69 Å². The van der Waals surface area contributed by atoms with Crippen LogP contribution in [0, 0.1) is 5.92 Å². The molecule has 2 atom stereocenters. The molecule has 2 aromatic rings. The summed E-state index contributed by atoms with van der Waals surface area (Å²) in [7, 11) is 1.63. The van der Waals surface area contributed by atoms with Gasteiger partial charge in [-0.05, 0) is 23.3 Å². The van der Waals surface area contributed by atoms with Crippen molar-refractivity contribution < 1.29 is 19.8 Å². The minimum atomic E-state index is -0.930. The van der Waals surface area contributed by atoms with Crippen LogP contribution in [-0.4, -0.2) is 29.1 Å². The third-order valence-electron chi connectivity index (χ3n) is 4.43. The van der Waals surface area contributed by atoms with E-state index in [4.69, 9.17) is 0 Å². The molecule has 0 saturated carbocycles. The standard InChI is InChI=1S/C18H17NO4/c1-10(18(22)23)16-12-5-3-4-6-13(12)17(21)19(2)15-9-11(20)7-8-14(15)16/h3-10,16,20H,1-2H3,(H,22,23). The summed E-state index contributed by atoms with van der Waals surface area (Å²) in [6.45, 7) is 1.64. The number of carbonyl (C=O) groups excluding carboxylic acids is 1. The summed E-state index contributed by atoms with van der Waals surface area (Å²) >= 11 is 0. The smallest absolute Gasteiger partial charge is 0.307 e. The Morgan fingerprint density at radius 2 is 1.87 bits per heavy atom. The van der Waals surface area contributed by atoms with Crippen LogP contribution < -0.4 is 4.90 Å². The number of aliphatic carboxylic acids is 1. The number of hydrogen-bond acceptors (Lipinski definition) is 3. The lowest BCUT2D eigenvalue weighted by Crippen LogP contribution is -2.26. The topological polar surface area (TPSA) is 77.8 Å². The van der Waals surface area contributed by atoms with Gasteiger partial charge < -0.3 is 15.1 Å². The van der Waals surface area contributed by atoms with Gasteiger partial charge in [0.25, 0.3) is 5.91 Å². The Balaban J connectivity index is 2.34. The number of carboxylic acids is 1. The van der Waals surface area contributed by atoms with Gasteiger partial charge in [0.1, 0.15) is 5.75 Å². The van der Waals surface area contributed by atoms with Crippen molar-refractivity contribution in [1.82, 2.24) is 0 Å². The zero-order valence-corrected chi connectivity index (χ0v) is 12.9. The number of benzene rings is 2. The molecule has 118 valence electrons. The average Bonchev–Trinajstić information content (AvgIpc) is 2.62. The third kappa shape index (κ3) is 2.34. The number of hydrogen-bond donors (Lipinski definition) is 2. The van der Waals surface area contributed by atoms with Gasteiger partial charge in [-0.25, -0.2) is 0 Å². The predicted molar refractivity (Wildman–Crippen MR) is 85.9 cm³/mol. The summed E-state index contributed by atoms with van der Waals surface area (Å²) in [6.07, 6.45) is 0. The number of anilines is 1. The van der Waals surface area contributed by atoms with Gasteiger partial charge in [-0.2, -0.15) is 0 Å². The first-order chi connectivity index (χ1) is 10.9. The predicted octanol–water partition coefficient (Wildman–Crippen LogP) is 2.83. The lowest BCUT2D eigenvalue weighted by Gasteiger charge is -2.24. The first kappa shape index (κ1) is 15.1. The second-order valence-corrected chi connectivity index (χ2v) is 5.80. The maximum absolute atomic E-state index is 12.7. The molecule has 0 radical (unpaired) electrons. The van der Waals surface area contributed by atoms with E-state index in [9.17, 15) is 19.8 Å².